The molecule has 0 radical (unpaired) electrons. The number of hydrogen-bond donors (Lipinski definition) is 1. The van der Waals surface area contributed by atoms with Gasteiger partial charge in [-0.05, 0) is 35.7 Å². The van der Waals surface area contributed by atoms with Crippen LogP contribution in [0.3, 0.4) is 0 Å². The summed E-state index contributed by atoms with van der Waals surface area (Å²) in [4.78, 5) is 16.9. The van der Waals surface area contributed by atoms with Gasteiger partial charge in [0.2, 0.25) is 11.1 Å². The number of hydrogen-bond acceptors (Lipinski definition) is 7. The number of nitrogen functional groups attached to an aromatic ring is 1. The van der Waals surface area contributed by atoms with Crippen molar-refractivity contribution >= 4 is 40.3 Å². The summed E-state index contributed by atoms with van der Waals surface area (Å²) in [5.41, 5.74) is 0. The summed E-state index contributed by atoms with van der Waals surface area (Å²) < 4.78 is 1.46. The van der Waals surface area contributed by atoms with E-state index in [1.807, 2.05) is 28.5 Å². The van der Waals surface area contributed by atoms with Crippen LogP contribution in [-0.4, -0.2) is 38.0 Å². The van der Waals surface area contributed by atoms with Crippen molar-refractivity contribution in [2.45, 2.75) is 24.0 Å². The largest absolute Gasteiger partial charge is 0.335 e. The highest BCUT2D eigenvalue weighted by atomic mass is 32.2. The van der Waals surface area contributed by atoms with Crippen LogP contribution in [0.4, 0.5) is 0 Å². The van der Waals surface area contributed by atoms with Crippen LogP contribution in [0.25, 0.3) is 10.7 Å². The van der Waals surface area contributed by atoms with Crippen LogP contribution in [0.5, 0.6) is 0 Å². The molecule has 6 nitrogen and oxygen atoms in total. The van der Waals surface area contributed by atoms with Crippen molar-refractivity contribution < 1.29 is 4.79 Å². The van der Waals surface area contributed by atoms with Gasteiger partial charge in [0.25, 0.3) is 0 Å². The highest BCUT2D eigenvalue weighted by Gasteiger charge is 2.30. The molecule has 1 saturated heterocycles. The van der Waals surface area contributed by atoms with Crippen LogP contribution >= 0.6 is 34.4 Å². The number of aromatic nitrogens is 3. The number of rotatable bonds is 5. The monoisotopic (exact) mass is 391 g/mol. The molecular weight excluding hydrogens is 374 g/mol. The van der Waals surface area contributed by atoms with E-state index >= 15 is 0 Å². The van der Waals surface area contributed by atoms with Crippen LogP contribution in [0.1, 0.15) is 23.8 Å². The van der Waals surface area contributed by atoms with Gasteiger partial charge in [-0.25, -0.2) is 4.68 Å². The molecule has 1 amide bonds. The van der Waals surface area contributed by atoms with E-state index in [9.17, 15) is 4.79 Å². The predicted molar refractivity (Wildman–Crippen MR) is 102 cm³/mol. The van der Waals surface area contributed by atoms with E-state index in [-0.39, 0.29) is 11.9 Å². The van der Waals surface area contributed by atoms with Gasteiger partial charge in [0, 0.05) is 11.4 Å². The molecule has 0 aromatic carbocycles. The first-order chi connectivity index (χ1) is 12.2. The maximum Gasteiger partial charge on any atom is 0.233 e. The second kappa shape index (κ2) is 7.19. The summed E-state index contributed by atoms with van der Waals surface area (Å²) in [6.07, 6.45) is 2.08. The summed E-state index contributed by atoms with van der Waals surface area (Å²) in [7, 11) is 0. The Morgan fingerprint density at radius 2 is 2.12 bits per heavy atom. The SMILES string of the molecule is Nn1c(SCC(=O)N2CCCC2c2cccs2)nnc1-c1cccs1. The van der Waals surface area contributed by atoms with Crippen molar-refractivity contribution in [1.29, 1.82) is 0 Å². The molecule has 0 saturated carbocycles. The number of nitrogens with two attached hydrogens (primary N) is 1. The lowest BCUT2D eigenvalue weighted by Crippen LogP contribution is -2.31. The lowest BCUT2D eigenvalue weighted by atomic mass is 10.2. The quantitative estimate of drug-likeness (QED) is 0.534. The first-order valence-electron chi connectivity index (χ1n) is 7.94. The Bertz CT molecular complexity index is 843. The number of amides is 1. The normalized spacial score (nSPS) is 17.3. The molecule has 1 atom stereocenters. The van der Waals surface area contributed by atoms with E-state index in [2.05, 4.69) is 21.6 Å². The van der Waals surface area contributed by atoms with E-state index < -0.39 is 0 Å². The topological polar surface area (TPSA) is 77.0 Å². The molecule has 1 fully saturated rings. The number of nitrogens with zero attached hydrogens (tertiary/aromatic N) is 4. The number of likely N-dealkylation sites (tertiary alicyclic amines) is 1. The number of carbonyl (C=O) groups is 1. The molecule has 2 N–H and O–H groups in total. The smallest absolute Gasteiger partial charge is 0.233 e. The molecule has 4 rings (SSSR count). The van der Waals surface area contributed by atoms with E-state index in [0.29, 0.717) is 16.7 Å². The average Bonchev–Trinajstić information content (AvgIpc) is 3.38. The van der Waals surface area contributed by atoms with Crippen molar-refractivity contribution in [3.05, 3.63) is 39.9 Å². The van der Waals surface area contributed by atoms with Gasteiger partial charge in [0.15, 0.2) is 5.82 Å². The van der Waals surface area contributed by atoms with Crippen molar-refractivity contribution in [2.75, 3.05) is 18.1 Å². The van der Waals surface area contributed by atoms with E-state index in [1.54, 1.807) is 22.7 Å². The van der Waals surface area contributed by atoms with Gasteiger partial charge >= 0.3 is 0 Å². The third-order valence-electron chi connectivity index (χ3n) is 4.18. The molecule has 1 aliphatic heterocycles. The van der Waals surface area contributed by atoms with Crippen LogP contribution in [0.2, 0.25) is 0 Å². The van der Waals surface area contributed by atoms with Crippen LogP contribution < -0.4 is 5.84 Å². The lowest BCUT2D eigenvalue weighted by molar-refractivity contribution is -0.129. The summed E-state index contributed by atoms with van der Waals surface area (Å²) in [6, 6.07) is 8.26. The molecule has 1 aliphatic rings. The summed E-state index contributed by atoms with van der Waals surface area (Å²) in [5, 5.41) is 12.9. The van der Waals surface area contributed by atoms with E-state index in [4.69, 9.17) is 5.84 Å². The Labute approximate surface area is 157 Å². The molecule has 3 aromatic rings. The molecule has 0 spiro atoms. The Balaban J connectivity index is 1.42. The average molecular weight is 392 g/mol. The molecular formula is C16H17N5OS3. The highest BCUT2D eigenvalue weighted by molar-refractivity contribution is 7.99. The van der Waals surface area contributed by atoms with Gasteiger partial charge in [0.05, 0.1) is 16.7 Å². The molecule has 4 heterocycles. The van der Waals surface area contributed by atoms with Crippen molar-refractivity contribution in [2.24, 2.45) is 0 Å². The zero-order chi connectivity index (χ0) is 17.2. The zero-order valence-electron chi connectivity index (χ0n) is 13.4. The Kier molecular flexibility index (Phi) is 4.78. The van der Waals surface area contributed by atoms with Crippen molar-refractivity contribution in [3.8, 4) is 10.7 Å². The lowest BCUT2D eigenvalue weighted by Gasteiger charge is -2.23. The fourth-order valence-corrected chi connectivity index (χ4v) is 5.32. The minimum absolute atomic E-state index is 0.126. The maximum atomic E-state index is 12.7. The number of thiophene rings is 2. The third-order valence-corrected chi connectivity index (χ3v) is 6.94. The van der Waals surface area contributed by atoms with Crippen molar-refractivity contribution in [3.63, 3.8) is 0 Å². The fourth-order valence-electron chi connectivity index (χ4n) is 3.00. The number of carbonyl (C=O) groups excluding carboxylic acids is 1. The molecule has 9 heteroatoms. The van der Waals surface area contributed by atoms with Gasteiger partial charge in [-0.1, -0.05) is 23.9 Å². The molecule has 25 heavy (non-hydrogen) atoms. The molecule has 0 bridgehead atoms. The van der Waals surface area contributed by atoms with Crippen LogP contribution in [-0.2, 0) is 4.79 Å². The van der Waals surface area contributed by atoms with Gasteiger partial charge < -0.3 is 10.7 Å². The standard InChI is InChI=1S/C16H17N5OS3/c17-21-15(13-6-3-9-24-13)18-19-16(21)25-10-14(22)20-7-1-4-11(20)12-5-2-8-23-12/h2-3,5-6,8-9,11H,1,4,7,10,17H2. The first-order valence-corrected chi connectivity index (χ1v) is 10.7. The highest BCUT2D eigenvalue weighted by Crippen LogP contribution is 2.35. The Morgan fingerprint density at radius 1 is 1.28 bits per heavy atom. The second-order valence-electron chi connectivity index (χ2n) is 5.70. The summed E-state index contributed by atoms with van der Waals surface area (Å²) in [5.74, 6) is 7.17. The summed E-state index contributed by atoms with van der Waals surface area (Å²) >= 11 is 4.62. The van der Waals surface area contributed by atoms with Crippen molar-refractivity contribution in [1.82, 2.24) is 19.8 Å². The van der Waals surface area contributed by atoms with Gasteiger partial charge in [0.1, 0.15) is 0 Å². The second-order valence-corrected chi connectivity index (χ2v) is 8.57. The van der Waals surface area contributed by atoms with Crippen LogP contribution in [0.15, 0.2) is 40.2 Å². The molecule has 130 valence electrons. The maximum absolute atomic E-state index is 12.7. The molecule has 3 aromatic heterocycles. The number of thioether (sulfide) groups is 1. The summed E-state index contributed by atoms with van der Waals surface area (Å²) in [6.45, 7) is 0.817. The fraction of sp³-hybridized carbons (Fsp3) is 0.312. The van der Waals surface area contributed by atoms with Gasteiger partial charge in [-0.3, -0.25) is 4.79 Å². The van der Waals surface area contributed by atoms with Gasteiger partial charge in [-0.2, -0.15) is 0 Å². The zero-order valence-corrected chi connectivity index (χ0v) is 15.8. The van der Waals surface area contributed by atoms with E-state index in [0.717, 1.165) is 24.3 Å². The molecule has 1 unspecified atom stereocenters. The predicted octanol–water partition coefficient (Wildman–Crippen LogP) is 3.24. The first kappa shape index (κ1) is 16.6. The minimum Gasteiger partial charge on any atom is -0.335 e. The third kappa shape index (κ3) is 3.31. The van der Waals surface area contributed by atoms with Crippen LogP contribution in [0, 0.1) is 0 Å². The minimum atomic E-state index is 0.126. The van der Waals surface area contributed by atoms with E-state index in [1.165, 1.54) is 21.3 Å². The Hall–Kier alpha value is -1.84. The molecule has 0 aliphatic carbocycles. The Morgan fingerprint density at radius 3 is 2.88 bits per heavy atom. The van der Waals surface area contributed by atoms with Gasteiger partial charge in [-0.15, -0.1) is 32.9 Å².